The van der Waals surface area contributed by atoms with Crippen LogP contribution in [-0.2, 0) is 11.3 Å². The van der Waals surface area contributed by atoms with E-state index in [9.17, 15) is 15.0 Å². The molecule has 160 valence electrons. The van der Waals surface area contributed by atoms with Gasteiger partial charge in [-0.1, -0.05) is 30.3 Å². The van der Waals surface area contributed by atoms with Gasteiger partial charge >= 0.3 is 0 Å². The van der Waals surface area contributed by atoms with Crippen molar-refractivity contribution >= 4 is 17.3 Å². The number of aromatic nitrogens is 1. The molecule has 0 spiro atoms. The first-order valence-corrected chi connectivity index (χ1v) is 10.3. The lowest BCUT2D eigenvalue weighted by atomic mass is 10.0. The lowest BCUT2D eigenvalue weighted by Crippen LogP contribution is -2.35. The van der Waals surface area contributed by atoms with Crippen molar-refractivity contribution in [2.75, 3.05) is 31.1 Å². The number of anilines is 2. The molecule has 4 rings (SSSR count). The standard InChI is InChI=1S/C24H26N4O3/c25-24(31)15-27-11-12-28(19-5-2-1-3-6-19)22-10-9-17(13-18(22)14-27)20-7-4-8-21(26-20)23(30)16-29/h1-10,13,23,29-30H,11-12,14-16H2,(H2,25,31). The average molecular weight is 418 g/mol. The second kappa shape index (κ2) is 9.26. The predicted molar refractivity (Wildman–Crippen MR) is 120 cm³/mol. The summed E-state index contributed by atoms with van der Waals surface area (Å²) in [7, 11) is 0. The number of para-hydroxylation sites is 1. The van der Waals surface area contributed by atoms with Crippen LogP contribution >= 0.6 is 0 Å². The summed E-state index contributed by atoms with van der Waals surface area (Å²) in [5.74, 6) is -0.349. The van der Waals surface area contributed by atoms with Crippen LogP contribution in [0.3, 0.4) is 0 Å². The number of benzene rings is 2. The van der Waals surface area contributed by atoms with Crippen molar-refractivity contribution in [3.8, 4) is 11.3 Å². The van der Waals surface area contributed by atoms with E-state index in [1.807, 2.05) is 41.3 Å². The van der Waals surface area contributed by atoms with Gasteiger partial charge in [-0.3, -0.25) is 9.69 Å². The summed E-state index contributed by atoms with van der Waals surface area (Å²) < 4.78 is 0. The van der Waals surface area contributed by atoms with Crippen molar-refractivity contribution in [2.24, 2.45) is 5.73 Å². The Bertz CT molecular complexity index is 1060. The van der Waals surface area contributed by atoms with Crippen molar-refractivity contribution in [2.45, 2.75) is 12.6 Å². The van der Waals surface area contributed by atoms with E-state index in [2.05, 4.69) is 34.1 Å². The summed E-state index contributed by atoms with van der Waals surface area (Å²) in [6.45, 7) is 1.85. The summed E-state index contributed by atoms with van der Waals surface area (Å²) in [5.41, 5.74) is 10.7. The maximum Gasteiger partial charge on any atom is 0.231 e. The number of pyridine rings is 1. The van der Waals surface area contributed by atoms with Gasteiger partial charge in [0.2, 0.25) is 5.91 Å². The molecular formula is C24H26N4O3. The number of hydrogen-bond acceptors (Lipinski definition) is 6. The van der Waals surface area contributed by atoms with Gasteiger partial charge in [0.1, 0.15) is 6.10 Å². The zero-order valence-electron chi connectivity index (χ0n) is 17.2. The molecule has 1 unspecified atom stereocenters. The number of aliphatic hydroxyl groups excluding tert-OH is 2. The average Bonchev–Trinajstić information content (AvgIpc) is 2.97. The van der Waals surface area contributed by atoms with Gasteiger partial charge in [-0.05, 0) is 42.0 Å². The van der Waals surface area contributed by atoms with Crippen LogP contribution in [0.5, 0.6) is 0 Å². The molecule has 2 aromatic carbocycles. The molecule has 1 amide bonds. The highest BCUT2D eigenvalue weighted by Crippen LogP contribution is 2.34. The van der Waals surface area contributed by atoms with E-state index >= 15 is 0 Å². The molecule has 0 radical (unpaired) electrons. The molecule has 7 heteroatoms. The van der Waals surface area contributed by atoms with Gasteiger partial charge in [0.05, 0.1) is 24.5 Å². The van der Waals surface area contributed by atoms with Gasteiger partial charge in [0.15, 0.2) is 0 Å². The van der Waals surface area contributed by atoms with E-state index in [1.54, 1.807) is 6.07 Å². The second-order valence-electron chi connectivity index (χ2n) is 7.65. The number of aliphatic hydroxyl groups is 2. The quantitative estimate of drug-likeness (QED) is 0.567. The molecule has 4 N–H and O–H groups in total. The smallest absolute Gasteiger partial charge is 0.231 e. The van der Waals surface area contributed by atoms with Crippen LogP contribution in [0.1, 0.15) is 17.4 Å². The third kappa shape index (κ3) is 4.74. The summed E-state index contributed by atoms with van der Waals surface area (Å²) in [5, 5.41) is 19.2. The summed E-state index contributed by atoms with van der Waals surface area (Å²) in [6.07, 6.45) is -1.01. The molecular weight excluding hydrogens is 392 g/mol. The molecule has 3 aromatic rings. The summed E-state index contributed by atoms with van der Waals surface area (Å²) in [4.78, 5) is 20.4. The lowest BCUT2D eigenvalue weighted by Gasteiger charge is -2.25. The number of nitrogens with zero attached hydrogens (tertiary/aromatic N) is 3. The van der Waals surface area contributed by atoms with Crippen molar-refractivity contribution < 1.29 is 15.0 Å². The van der Waals surface area contributed by atoms with Crippen molar-refractivity contribution in [3.63, 3.8) is 0 Å². The number of amides is 1. The van der Waals surface area contributed by atoms with Crippen molar-refractivity contribution in [3.05, 3.63) is 78.0 Å². The van der Waals surface area contributed by atoms with Crippen molar-refractivity contribution in [1.29, 1.82) is 0 Å². The van der Waals surface area contributed by atoms with Gasteiger partial charge < -0.3 is 20.8 Å². The predicted octanol–water partition coefficient (Wildman–Crippen LogP) is 2.21. The van der Waals surface area contributed by atoms with E-state index in [4.69, 9.17) is 5.73 Å². The zero-order chi connectivity index (χ0) is 21.8. The minimum atomic E-state index is -1.01. The Kier molecular flexibility index (Phi) is 6.27. The Hall–Kier alpha value is -3.26. The van der Waals surface area contributed by atoms with E-state index in [0.717, 1.165) is 29.0 Å². The summed E-state index contributed by atoms with van der Waals surface area (Å²) in [6, 6.07) is 21.7. The molecule has 1 aliphatic rings. The third-order valence-corrected chi connectivity index (χ3v) is 5.43. The number of carbonyl (C=O) groups excluding carboxylic acids is 1. The lowest BCUT2D eigenvalue weighted by molar-refractivity contribution is -0.119. The second-order valence-corrected chi connectivity index (χ2v) is 7.65. The number of rotatable bonds is 6. The highest BCUT2D eigenvalue weighted by Gasteiger charge is 2.22. The van der Waals surface area contributed by atoms with E-state index in [1.165, 1.54) is 0 Å². The first-order valence-electron chi connectivity index (χ1n) is 10.3. The van der Waals surface area contributed by atoms with Crippen LogP contribution in [0, 0.1) is 0 Å². The van der Waals surface area contributed by atoms with Crippen LogP contribution in [0.4, 0.5) is 11.4 Å². The first-order chi connectivity index (χ1) is 15.0. The molecule has 0 bridgehead atoms. The van der Waals surface area contributed by atoms with Gasteiger partial charge in [-0.25, -0.2) is 4.98 Å². The van der Waals surface area contributed by atoms with Gasteiger partial charge in [-0.2, -0.15) is 0 Å². The molecule has 2 heterocycles. The number of fused-ring (bicyclic) bond motifs is 1. The third-order valence-electron chi connectivity index (χ3n) is 5.43. The maximum absolute atomic E-state index is 11.6. The minimum absolute atomic E-state index is 0.197. The van der Waals surface area contributed by atoms with Gasteiger partial charge in [-0.15, -0.1) is 0 Å². The number of hydrogen-bond donors (Lipinski definition) is 3. The molecule has 0 aliphatic carbocycles. The number of primary amides is 1. The Morgan fingerprint density at radius 1 is 1.06 bits per heavy atom. The molecule has 7 nitrogen and oxygen atoms in total. The minimum Gasteiger partial charge on any atom is -0.393 e. The molecule has 1 atom stereocenters. The zero-order valence-corrected chi connectivity index (χ0v) is 17.2. The number of carbonyl (C=O) groups is 1. The molecule has 0 saturated heterocycles. The maximum atomic E-state index is 11.6. The van der Waals surface area contributed by atoms with E-state index in [0.29, 0.717) is 24.5 Å². The Morgan fingerprint density at radius 3 is 2.61 bits per heavy atom. The Balaban J connectivity index is 1.75. The van der Waals surface area contributed by atoms with Gasteiger partial charge in [0.25, 0.3) is 0 Å². The van der Waals surface area contributed by atoms with Crippen LogP contribution in [0.25, 0.3) is 11.3 Å². The fourth-order valence-electron chi connectivity index (χ4n) is 3.94. The molecule has 0 saturated carbocycles. The Labute approximate surface area is 181 Å². The van der Waals surface area contributed by atoms with Crippen LogP contribution in [-0.4, -0.2) is 52.2 Å². The Morgan fingerprint density at radius 2 is 1.87 bits per heavy atom. The highest BCUT2D eigenvalue weighted by atomic mass is 16.3. The van der Waals surface area contributed by atoms with E-state index in [-0.39, 0.29) is 19.1 Å². The molecule has 0 fully saturated rings. The van der Waals surface area contributed by atoms with Crippen LogP contribution < -0.4 is 10.6 Å². The largest absolute Gasteiger partial charge is 0.393 e. The van der Waals surface area contributed by atoms with Crippen molar-refractivity contribution in [1.82, 2.24) is 9.88 Å². The SMILES string of the molecule is NC(=O)CN1CCN(c2ccccc2)c2ccc(-c3cccc(C(O)CO)n3)cc2C1. The fourth-order valence-corrected chi connectivity index (χ4v) is 3.94. The summed E-state index contributed by atoms with van der Waals surface area (Å²) >= 11 is 0. The fraction of sp³-hybridized carbons (Fsp3) is 0.250. The first kappa shape index (κ1) is 21.0. The molecule has 31 heavy (non-hydrogen) atoms. The normalized spacial score (nSPS) is 15.2. The van der Waals surface area contributed by atoms with Crippen LogP contribution in [0.2, 0.25) is 0 Å². The van der Waals surface area contributed by atoms with Crippen LogP contribution in [0.15, 0.2) is 66.7 Å². The molecule has 1 aromatic heterocycles. The topological polar surface area (TPSA) is 103 Å². The number of nitrogens with two attached hydrogens (primary N) is 1. The monoisotopic (exact) mass is 418 g/mol. The highest BCUT2D eigenvalue weighted by molar-refractivity contribution is 5.76. The van der Waals surface area contributed by atoms with E-state index < -0.39 is 6.10 Å². The van der Waals surface area contributed by atoms with Gasteiger partial charge in [0, 0.05) is 36.6 Å². The molecule has 1 aliphatic heterocycles.